The summed E-state index contributed by atoms with van der Waals surface area (Å²) < 4.78 is 0. The largest absolute Gasteiger partial charge is 0.370 e. The molecule has 98 valence electrons. The fourth-order valence-electron chi connectivity index (χ4n) is 1.27. The minimum absolute atomic E-state index is 0.185. The van der Waals surface area contributed by atoms with E-state index in [1.807, 2.05) is 19.0 Å². The number of nitrogens with zero attached hydrogens (tertiary/aromatic N) is 2. The fraction of sp³-hybridized carbons (Fsp3) is 0.364. The SMILES string of the molecule is CN(C)c1ccc(NC(=O)C(N)CC(N)=O)cn1. The zero-order valence-corrected chi connectivity index (χ0v) is 10.4. The van der Waals surface area contributed by atoms with Crippen LogP contribution in [-0.2, 0) is 9.59 Å². The summed E-state index contributed by atoms with van der Waals surface area (Å²) in [6, 6.07) is 2.52. The first kappa shape index (κ1) is 13.9. The van der Waals surface area contributed by atoms with Crippen molar-refractivity contribution in [2.45, 2.75) is 12.5 Å². The van der Waals surface area contributed by atoms with Crippen molar-refractivity contribution < 1.29 is 9.59 Å². The lowest BCUT2D eigenvalue weighted by Gasteiger charge is -2.13. The number of nitrogens with one attached hydrogen (secondary N) is 1. The zero-order chi connectivity index (χ0) is 13.7. The Balaban J connectivity index is 2.62. The molecule has 1 atom stereocenters. The molecule has 0 aromatic carbocycles. The van der Waals surface area contributed by atoms with E-state index in [9.17, 15) is 9.59 Å². The third-order valence-electron chi connectivity index (χ3n) is 2.23. The lowest BCUT2D eigenvalue weighted by atomic mass is 10.2. The summed E-state index contributed by atoms with van der Waals surface area (Å²) in [7, 11) is 3.73. The molecule has 1 unspecified atom stereocenters. The first-order valence-corrected chi connectivity index (χ1v) is 5.38. The molecule has 0 saturated heterocycles. The number of carbonyl (C=O) groups is 2. The van der Waals surface area contributed by atoms with Crippen molar-refractivity contribution in [3.05, 3.63) is 18.3 Å². The molecular formula is C11H17N5O2. The van der Waals surface area contributed by atoms with E-state index in [4.69, 9.17) is 11.5 Å². The van der Waals surface area contributed by atoms with Crippen LogP contribution in [0.4, 0.5) is 11.5 Å². The van der Waals surface area contributed by atoms with E-state index in [-0.39, 0.29) is 6.42 Å². The molecule has 0 aliphatic carbocycles. The van der Waals surface area contributed by atoms with E-state index in [0.29, 0.717) is 5.69 Å². The third-order valence-corrected chi connectivity index (χ3v) is 2.23. The lowest BCUT2D eigenvalue weighted by molar-refractivity contribution is -0.123. The van der Waals surface area contributed by atoms with Gasteiger partial charge in [-0.05, 0) is 12.1 Å². The molecule has 0 radical (unpaired) electrons. The monoisotopic (exact) mass is 251 g/mol. The topological polar surface area (TPSA) is 114 Å². The van der Waals surface area contributed by atoms with Crippen LogP contribution in [0.5, 0.6) is 0 Å². The minimum Gasteiger partial charge on any atom is -0.370 e. The Hall–Kier alpha value is -2.15. The van der Waals surface area contributed by atoms with Gasteiger partial charge in [-0.15, -0.1) is 0 Å². The maximum absolute atomic E-state index is 11.6. The Kier molecular flexibility index (Phi) is 4.61. The summed E-state index contributed by atoms with van der Waals surface area (Å²) in [4.78, 5) is 28.2. The van der Waals surface area contributed by atoms with Crippen LogP contribution < -0.4 is 21.7 Å². The number of hydrogen-bond acceptors (Lipinski definition) is 5. The van der Waals surface area contributed by atoms with E-state index in [0.717, 1.165) is 5.82 Å². The Morgan fingerprint density at radius 3 is 2.56 bits per heavy atom. The lowest BCUT2D eigenvalue weighted by Crippen LogP contribution is -2.39. The normalized spacial score (nSPS) is 11.7. The molecule has 18 heavy (non-hydrogen) atoms. The van der Waals surface area contributed by atoms with E-state index < -0.39 is 17.9 Å². The number of primary amides is 1. The van der Waals surface area contributed by atoms with Crippen molar-refractivity contribution in [3.8, 4) is 0 Å². The standard InChI is InChI=1S/C11H17N5O2/c1-16(2)10-4-3-7(6-14-10)15-11(18)8(12)5-9(13)17/h3-4,6,8H,5,12H2,1-2H3,(H2,13,17)(H,15,18). The highest BCUT2D eigenvalue weighted by molar-refractivity contribution is 5.97. The van der Waals surface area contributed by atoms with Crippen LogP contribution >= 0.6 is 0 Å². The first-order chi connectivity index (χ1) is 8.40. The molecule has 1 rings (SSSR count). The van der Waals surface area contributed by atoms with Crippen LogP contribution in [0, 0.1) is 0 Å². The molecule has 2 amide bonds. The van der Waals surface area contributed by atoms with Gasteiger partial charge in [0.05, 0.1) is 24.3 Å². The predicted octanol–water partition coefficient (Wildman–Crippen LogP) is -0.711. The average molecular weight is 251 g/mol. The second-order valence-corrected chi connectivity index (χ2v) is 4.07. The summed E-state index contributed by atoms with van der Waals surface area (Å²) in [5, 5.41) is 2.56. The van der Waals surface area contributed by atoms with E-state index >= 15 is 0 Å². The summed E-state index contributed by atoms with van der Waals surface area (Å²) in [6.45, 7) is 0. The van der Waals surface area contributed by atoms with E-state index in [1.165, 1.54) is 6.20 Å². The number of nitrogens with two attached hydrogens (primary N) is 2. The van der Waals surface area contributed by atoms with E-state index in [2.05, 4.69) is 10.3 Å². The van der Waals surface area contributed by atoms with Crippen molar-refractivity contribution in [3.63, 3.8) is 0 Å². The van der Waals surface area contributed by atoms with Gasteiger partial charge in [-0.3, -0.25) is 9.59 Å². The molecule has 0 fully saturated rings. The molecule has 7 nitrogen and oxygen atoms in total. The van der Waals surface area contributed by atoms with Crippen molar-refractivity contribution in [1.29, 1.82) is 0 Å². The van der Waals surface area contributed by atoms with Crippen molar-refractivity contribution >= 4 is 23.3 Å². The number of aromatic nitrogens is 1. The van der Waals surface area contributed by atoms with Crippen LogP contribution in [0.15, 0.2) is 18.3 Å². The molecule has 1 aromatic heterocycles. The Bertz CT molecular complexity index is 430. The number of pyridine rings is 1. The molecular weight excluding hydrogens is 234 g/mol. The molecule has 0 aliphatic heterocycles. The molecule has 0 bridgehead atoms. The summed E-state index contributed by atoms with van der Waals surface area (Å²) in [6.07, 6.45) is 1.33. The first-order valence-electron chi connectivity index (χ1n) is 5.38. The Labute approximate surface area is 105 Å². The van der Waals surface area contributed by atoms with Crippen LogP contribution in [0.1, 0.15) is 6.42 Å². The van der Waals surface area contributed by atoms with Crippen molar-refractivity contribution in [1.82, 2.24) is 4.98 Å². The Morgan fingerprint density at radius 2 is 2.11 bits per heavy atom. The highest BCUT2D eigenvalue weighted by Gasteiger charge is 2.16. The number of amides is 2. The Morgan fingerprint density at radius 1 is 1.44 bits per heavy atom. The smallest absolute Gasteiger partial charge is 0.241 e. The van der Waals surface area contributed by atoms with Crippen molar-refractivity contribution in [2.24, 2.45) is 11.5 Å². The van der Waals surface area contributed by atoms with Gasteiger partial charge in [-0.2, -0.15) is 0 Å². The molecule has 0 spiro atoms. The van der Waals surface area contributed by atoms with Gasteiger partial charge in [0.25, 0.3) is 0 Å². The van der Waals surface area contributed by atoms with Crippen LogP contribution in [0.3, 0.4) is 0 Å². The molecule has 5 N–H and O–H groups in total. The van der Waals surface area contributed by atoms with Gasteiger partial charge in [-0.25, -0.2) is 4.98 Å². The van der Waals surface area contributed by atoms with E-state index in [1.54, 1.807) is 12.1 Å². The molecule has 0 saturated carbocycles. The van der Waals surface area contributed by atoms with Crippen LogP contribution in [0.2, 0.25) is 0 Å². The van der Waals surface area contributed by atoms with Gasteiger partial charge in [0.1, 0.15) is 5.82 Å². The molecule has 0 aliphatic rings. The van der Waals surface area contributed by atoms with Gasteiger partial charge in [0.15, 0.2) is 0 Å². The minimum atomic E-state index is -0.948. The number of anilines is 2. The van der Waals surface area contributed by atoms with Gasteiger partial charge in [0, 0.05) is 14.1 Å². The highest BCUT2D eigenvalue weighted by atomic mass is 16.2. The summed E-state index contributed by atoms with van der Waals surface area (Å²) in [5.41, 5.74) is 11.0. The second kappa shape index (κ2) is 5.97. The van der Waals surface area contributed by atoms with Gasteiger partial charge in [-0.1, -0.05) is 0 Å². The quantitative estimate of drug-likeness (QED) is 0.639. The predicted molar refractivity (Wildman–Crippen MR) is 69.0 cm³/mol. The van der Waals surface area contributed by atoms with Crippen LogP contribution in [-0.4, -0.2) is 36.9 Å². The molecule has 7 heteroatoms. The number of hydrogen-bond donors (Lipinski definition) is 3. The fourth-order valence-corrected chi connectivity index (χ4v) is 1.27. The van der Waals surface area contributed by atoms with Crippen LogP contribution in [0.25, 0.3) is 0 Å². The zero-order valence-electron chi connectivity index (χ0n) is 10.4. The van der Waals surface area contributed by atoms with Crippen molar-refractivity contribution in [2.75, 3.05) is 24.3 Å². The molecule has 1 aromatic rings. The third kappa shape index (κ3) is 4.02. The number of carbonyl (C=O) groups excluding carboxylic acids is 2. The van der Waals surface area contributed by atoms with Gasteiger partial charge < -0.3 is 21.7 Å². The average Bonchev–Trinajstić information content (AvgIpc) is 2.28. The molecule has 1 heterocycles. The highest BCUT2D eigenvalue weighted by Crippen LogP contribution is 2.11. The summed E-state index contributed by atoms with van der Waals surface area (Å²) in [5.74, 6) is -0.304. The van der Waals surface area contributed by atoms with Gasteiger partial charge in [0.2, 0.25) is 11.8 Å². The maximum atomic E-state index is 11.6. The summed E-state index contributed by atoms with van der Waals surface area (Å²) >= 11 is 0. The maximum Gasteiger partial charge on any atom is 0.241 e. The van der Waals surface area contributed by atoms with Gasteiger partial charge >= 0.3 is 0 Å². The second-order valence-electron chi connectivity index (χ2n) is 4.07. The number of rotatable bonds is 5.